The van der Waals surface area contributed by atoms with E-state index in [4.69, 9.17) is 11.6 Å². The zero-order chi connectivity index (χ0) is 18.0. The monoisotopic (exact) mass is 379 g/mol. The van der Waals surface area contributed by atoms with Crippen molar-refractivity contribution in [2.24, 2.45) is 0 Å². The van der Waals surface area contributed by atoms with Crippen LogP contribution in [0.25, 0.3) is 22.5 Å². The standard InChI is InChI=1S/C19H13ClF3NS/c1-25-14-10-17(12-5-4-6-13(9-12)19(21,22)23)24-18(11-14)15-7-2-3-8-16(15)20/h2-11H,1H3. The zero-order valence-corrected chi connectivity index (χ0v) is 14.7. The van der Waals surface area contributed by atoms with Crippen LogP contribution >= 0.6 is 23.4 Å². The number of alkyl halides is 3. The van der Waals surface area contributed by atoms with Gasteiger partial charge in [0.05, 0.1) is 17.0 Å². The summed E-state index contributed by atoms with van der Waals surface area (Å²) in [5.41, 5.74) is 1.57. The Hall–Kier alpha value is -1.98. The first-order valence-electron chi connectivity index (χ1n) is 7.37. The molecule has 0 radical (unpaired) electrons. The van der Waals surface area contributed by atoms with Gasteiger partial charge in [-0.25, -0.2) is 4.98 Å². The fourth-order valence-electron chi connectivity index (χ4n) is 2.43. The molecule has 1 nitrogen and oxygen atoms in total. The highest BCUT2D eigenvalue weighted by atomic mass is 35.5. The van der Waals surface area contributed by atoms with Crippen molar-refractivity contribution in [2.45, 2.75) is 11.1 Å². The first-order valence-corrected chi connectivity index (χ1v) is 8.97. The maximum atomic E-state index is 13.0. The molecule has 128 valence electrons. The Labute approximate surface area is 152 Å². The molecule has 0 fully saturated rings. The second-order valence-corrected chi connectivity index (χ2v) is 6.62. The molecular formula is C19H13ClF3NS. The van der Waals surface area contributed by atoms with E-state index in [2.05, 4.69) is 4.98 Å². The second kappa shape index (κ2) is 7.10. The van der Waals surface area contributed by atoms with E-state index in [0.717, 1.165) is 22.6 Å². The molecule has 0 aliphatic heterocycles. The summed E-state index contributed by atoms with van der Waals surface area (Å²) in [4.78, 5) is 5.44. The van der Waals surface area contributed by atoms with Gasteiger partial charge in [-0.1, -0.05) is 41.9 Å². The van der Waals surface area contributed by atoms with Crippen LogP contribution in [0.1, 0.15) is 5.56 Å². The van der Waals surface area contributed by atoms with Gasteiger partial charge in [-0.3, -0.25) is 0 Å². The minimum absolute atomic E-state index is 0.416. The highest BCUT2D eigenvalue weighted by Gasteiger charge is 2.30. The van der Waals surface area contributed by atoms with Crippen LogP contribution in [0.15, 0.2) is 65.6 Å². The molecule has 0 bridgehead atoms. The van der Waals surface area contributed by atoms with Crippen molar-refractivity contribution < 1.29 is 13.2 Å². The van der Waals surface area contributed by atoms with Crippen molar-refractivity contribution in [3.63, 3.8) is 0 Å². The summed E-state index contributed by atoms with van der Waals surface area (Å²) < 4.78 is 39.0. The molecule has 0 amide bonds. The van der Waals surface area contributed by atoms with E-state index >= 15 is 0 Å². The van der Waals surface area contributed by atoms with E-state index in [1.165, 1.54) is 17.8 Å². The van der Waals surface area contributed by atoms with Crippen molar-refractivity contribution in [1.29, 1.82) is 0 Å². The second-order valence-electron chi connectivity index (χ2n) is 5.34. The van der Waals surface area contributed by atoms with Crippen molar-refractivity contribution in [3.05, 3.63) is 71.2 Å². The van der Waals surface area contributed by atoms with Crippen LogP contribution < -0.4 is 0 Å². The molecule has 25 heavy (non-hydrogen) atoms. The van der Waals surface area contributed by atoms with Gasteiger partial charge in [0, 0.05) is 21.0 Å². The van der Waals surface area contributed by atoms with Gasteiger partial charge in [0.25, 0.3) is 0 Å². The third-order valence-corrected chi connectivity index (χ3v) is 4.71. The smallest absolute Gasteiger partial charge is 0.248 e. The largest absolute Gasteiger partial charge is 0.416 e. The number of benzene rings is 2. The van der Waals surface area contributed by atoms with E-state index in [0.29, 0.717) is 22.0 Å². The van der Waals surface area contributed by atoms with Gasteiger partial charge in [0.15, 0.2) is 0 Å². The van der Waals surface area contributed by atoms with E-state index in [1.54, 1.807) is 18.2 Å². The van der Waals surface area contributed by atoms with Gasteiger partial charge in [-0.15, -0.1) is 11.8 Å². The van der Waals surface area contributed by atoms with E-state index in [1.807, 2.05) is 30.5 Å². The van der Waals surface area contributed by atoms with Crippen LogP contribution in [-0.4, -0.2) is 11.2 Å². The summed E-state index contributed by atoms with van der Waals surface area (Å²) in [6.45, 7) is 0. The summed E-state index contributed by atoms with van der Waals surface area (Å²) in [5, 5.41) is 0.545. The molecule has 1 heterocycles. The predicted octanol–water partition coefficient (Wildman–Crippen LogP) is 6.81. The third-order valence-electron chi connectivity index (χ3n) is 3.67. The minimum atomic E-state index is -4.39. The summed E-state index contributed by atoms with van der Waals surface area (Å²) >= 11 is 7.74. The molecule has 0 saturated heterocycles. The van der Waals surface area contributed by atoms with E-state index in [9.17, 15) is 13.2 Å². The molecule has 6 heteroatoms. The summed E-state index contributed by atoms with van der Waals surface area (Å²) in [5.74, 6) is 0. The van der Waals surface area contributed by atoms with Crippen LogP contribution in [-0.2, 0) is 6.18 Å². The fraction of sp³-hybridized carbons (Fsp3) is 0.105. The molecule has 3 aromatic rings. The van der Waals surface area contributed by atoms with Crippen molar-refractivity contribution in [1.82, 2.24) is 4.98 Å². The van der Waals surface area contributed by atoms with Gasteiger partial charge in [0.2, 0.25) is 0 Å². The first-order chi connectivity index (χ1) is 11.9. The van der Waals surface area contributed by atoms with Gasteiger partial charge < -0.3 is 0 Å². The molecule has 0 N–H and O–H groups in total. The number of nitrogens with zero attached hydrogens (tertiary/aromatic N) is 1. The third kappa shape index (κ3) is 3.99. The Balaban J connectivity index is 2.15. The lowest BCUT2D eigenvalue weighted by Crippen LogP contribution is -2.04. The normalized spacial score (nSPS) is 11.6. The van der Waals surface area contributed by atoms with Crippen molar-refractivity contribution >= 4 is 23.4 Å². The maximum absolute atomic E-state index is 13.0. The Bertz CT molecular complexity index is 909. The SMILES string of the molecule is CSc1cc(-c2cccc(C(F)(F)F)c2)nc(-c2ccccc2Cl)c1. The Kier molecular flexibility index (Phi) is 5.06. The summed E-state index contributed by atoms with van der Waals surface area (Å²) in [6, 6.07) is 16.1. The highest BCUT2D eigenvalue weighted by Crippen LogP contribution is 2.35. The first kappa shape index (κ1) is 17.8. The number of rotatable bonds is 3. The van der Waals surface area contributed by atoms with Gasteiger partial charge in [-0.05, 0) is 36.6 Å². The molecule has 0 aliphatic rings. The maximum Gasteiger partial charge on any atom is 0.416 e. The molecular weight excluding hydrogens is 367 g/mol. The quantitative estimate of drug-likeness (QED) is 0.463. The topological polar surface area (TPSA) is 12.9 Å². The van der Waals surface area contributed by atoms with Crippen LogP contribution in [0.2, 0.25) is 5.02 Å². The van der Waals surface area contributed by atoms with E-state index < -0.39 is 11.7 Å². The number of aromatic nitrogens is 1. The van der Waals surface area contributed by atoms with Gasteiger partial charge >= 0.3 is 6.18 Å². The van der Waals surface area contributed by atoms with Gasteiger partial charge in [-0.2, -0.15) is 13.2 Å². The number of hydrogen-bond donors (Lipinski definition) is 0. The van der Waals surface area contributed by atoms with E-state index in [-0.39, 0.29) is 0 Å². The lowest BCUT2D eigenvalue weighted by Gasteiger charge is -2.11. The van der Waals surface area contributed by atoms with Crippen LogP contribution in [0.4, 0.5) is 13.2 Å². The molecule has 0 unspecified atom stereocenters. The number of thioether (sulfide) groups is 1. The average Bonchev–Trinajstić information content (AvgIpc) is 2.61. The van der Waals surface area contributed by atoms with Crippen LogP contribution in [0.3, 0.4) is 0 Å². The molecule has 0 aliphatic carbocycles. The molecule has 0 saturated carbocycles. The Morgan fingerprint density at radius 3 is 2.32 bits per heavy atom. The molecule has 0 spiro atoms. The number of hydrogen-bond acceptors (Lipinski definition) is 2. The lowest BCUT2D eigenvalue weighted by atomic mass is 10.1. The van der Waals surface area contributed by atoms with Crippen LogP contribution in [0.5, 0.6) is 0 Å². The van der Waals surface area contributed by atoms with Gasteiger partial charge in [0.1, 0.15) is 0 Å². The van der Waals surface area contributed by atoms with Crippen molar-refractivity contribution in [3.8, 4) is 22.5 Å². The lowest BCUT2D eigenvalue weighted by molar-refractivity contribution is -0.137. The molecule has 1 aromatic heterocycles. The number of halogens is 4. The Morgan fingerprint density at radius 1 is 0.920 bits per heavy atom. The van der Waals surface area contributed by atoms with Crippen LogP contribution in [0, 0.1) is 0 Å². The van der Waals surface area contributed by atoms with Crippen molar-refractivity contribution in [2.75, 3.05) is 6.26 Å². The fourth-order valence-corrected chi connectivity index (χ4v) is 3.12. The highest BCUT2D eigenvalue weighted by molar-refractivity contribution is 7.98. The minimum Gasteiger partial charge on any atom is -0.248 e. The summed E-state index contributed by atoms with van der Waals surface area (Å²) in [6.07, 6.45) is -2.49. The number of pyridine rings is 1. The Morgan fingerprint density at radius 2 is 1.64 bits per heavy atom. The summed E-state index contributed by atoms with van der Waals surface area (Å²) in [7, 11) is 0. The zero-order valence-electron chi connectivity index (χ0n) is 13.1. The molecule has 2 aromatic carbocycles. The average molecular weight is 380 g/mol. The molecule has 3 rings (SSSR count). The predicted molar refractivity (Wildman–Crippen MR) is 96.9 cm³/mol. The molecule has 0 atom stereocenters.